The predicted molar refractivity (Wildman–Crippen MR) is 67.0 cm³/mol. The summed E-state index contributed by atoms with van der Waals surface area (Å²) in [7, 11) is 0. The van der Waals surface area contributed by atoms with Crippen LogP contribution in [-0.2, 0) is 4.74 Å². The second-order valence-corrected chi connectivity index (χ2v) is 5.53. The highest BCUT2D eigenvalue weighted by atomic mass is 79.9. The molecule has 0 aromatic carbocycles. The van der Waals surface area contributed by atoms with Crippen LogP contribution in [0.5, 0.6) is 0 Å². The van der Waals surface area contributed by atoms with Crippen molar-refractivity contribution < 1.29 is 14.6 Å². The number of hydrogen-bond donors (Lipinski definition) is 2. The van der Waals surface area contributed by atoms with Crippen LogP contribution in [0.2, 0.25) is 0 Å². The van der Waals surface area contributed by atoms with Gasteiger partial charge in [-0.25, -0.2) is 0 Å². The molecule has 0 atom stereocenters. The van der Waals surface area contributed by atoms with E-state index in [1.807, 2.05) is 13.0 Å². The van der Waals surface area contributed by atoms with E-state index >= 15 is 0 Å². The van der Waals surface area contributed by atoms with Crippen molar-refractivity contribution in [1.29, 1.82) is 0 Å². The van der Waals surface area contributed by atoms with Crippen molar-refractivity contribution in [2.45, 2.75) is 6.92 Å². The fraction of sp³-hybridized carbons (Fsp3) is 0.500. The molecule has 1 aromatic heterocycles. The first-order valence-electron chi connectivity index (χ1n) is 4.88. The van der Waals surface area contributed by atoms with Gasteiger partial charge in [-0.05, 0) is 34.5 Å². The Morgan fingerprint density at radius 3 is 2.94 bits per heavy atom. The van der Waals surface area contributed by atoms with Crippen LogP contribution in [0.3, 0.4) is 0 Å². The number of nitrogens with one attached hydrogen (secondary N) is 1. The summed E-state index contributed by atoms with van der Waals surface area (Å²) in [6.07, 6.45) is 0. The monoisotopic (exact) mass is 307 g/mol. The minimum atomic E-state index is -0.0913. The minimum Gasteiger partial charge on any atom is -0.394 e. The van der Waals surface area contributed by atoms with Crippen molar-refractivity contribution >= 4 is 33.2 Å². The summed E-state index contributed by atoms with van der Waals surface area (Å²) >= 11 is 4.79. The standard InChI is InChI=1S/C10H14BrNO3S/c1-7-6-8(16-9(7)11)10(14)12-2-4-15-5-3-13/h6,13H,2-5H2,1H3,(H,12,14). The van der Waals surface area contributed by atoms with Crippen molar-refractivity contribution in [3.05, 3.63) is 20.3 Å². The van der Waals surface area contributed by atoms with Crippen LogP contribution in [0.25, 0.3) is 0 Å². The maximum absolute atomic E-state index is 11.6. The zero-order chi connectivity index (χ0) is 12.0. The number of carbonyl (C=O) groups is 1. The number of ether oxygens (including phenoxy) is 1. The molecular formula is C10H14BrNO3S. The molecule has 0 unspecified atom stereocenters. The van der Waals surface area contributed by atoms with Crippen LogP contribution in [0.15, 0.2) is 9.85 Å². The molecule has 0 aliphatic carbocycles. The number of amides is 1. The van der Waals surface area contributed by atoms with Gasteiger partial charge in [0, 0.05) is 6.54 Å². The van der Waals surface area contributed by atoms with Gasteiger partial charge in [0.25, 0.3) is 5.91 Å². The SMILES string of the molecule is Cc1cc(C(=O)NCCOCCO)sc1Br. The van der Waals surface area contributed by atoms with Gasteiger partial charge >= 0.3 is 0 Å². The third-order valence-corrected chi connectivity index (χ3v) is 3.98. The van der Waals surface area contributed by atoms with Gasteiger partial charge in [-0.2, -0.15) is 0 Å². The summed E-state index contributed by atoms with van der Waals surface area (Å²) in [5.41, 5.74) is 1.06. The fourth-order valence-corrected chi connectivity index (χ4v) is 2.51. The van der Waals surface area contributed by atoms with Crippen molar-refractivity contribution in [1.82, 2.24) is 5.32 Å². The Hall–Kier alpha value is -0.430. The minimum absolute atomic E-state index is 0.00497. The predicted octanol–water partition coefficient (Wildman–Crippen LogP) is 1.56. The molecule has 0 aliphatic rings. The Morgan fingerprint density at radius 1 is 1.62 bits per heavy atom. The molecule has 0 fully saturated rings. The second-order valence-electron chi connectivity index (χ2n) is 3.16. The molecule has 2 N–H and O–H groups in total. The van der Waals surface area contributed by atoms with Crippen LogP contribution in [-0.4, -0.2) is 37.4 Å². The second kappa shape index (κ2) is 7.01. The van der Waals surface area contributed by atoms with Crippen LogP contribution >= 0.6 is 27.3 Å². The highest BCUT2D eigenvalue weighted by Crippen LogP contribution is 2.26. The third kappa shape index (κ3) is 4.21. The summed E-state index contributed by atoms with van der Waals surface area (Å²) < 4.78 is 6.01. The maximum Gasteiger partial charge on any atom is 0.261 e. The van der Waals surface area contributed by atoms with E-state index in [-0.39, 0.29) is 12.5 Å². The quantitative estimate of drug-likeness (QED) is 0.784. The van der Waals surface area contributed by atoms with Gasteiger partial charge in [-0.3, -0.25) is 4.79 Å². The average molecular weight is 308 g/mol. The van der Waals surface area contributed by atoms with Crippen molar-refractivity contribution in [2.75, 3.05) is 26.4 Å². The molecule has 16 heavy (non-hydrogen) atoms. The molecule has 0 spiro atoms. The molecular weight excluding hydrogens is 294 g/mol. The Kier molecular flexibility index (Phi) is 5.97. The summed E-state index contributed by atoms with van der Waals surface area (Å²) in [6.45, 7) is 3.12. The van der Waals surface area contributed by atoms with E-state index in [9.17, 15) is 4.79 Å². The van der Waals surface area contributed by atoms with E-state index in [1.54, 1.807) is 0 Å². The van der Waals surface area contributed by atoms with E-state index in [4.69, 9.17) is 9.84 Å². The average Bonchev–Trinajstić information content (AvgIpc) is 2.59. The van der Waals surface area contributed by atoms with Gasteiger partial charge in [-0.1, -0.05) is 0 Å². The van der Waals surface area contributed by atoms with E-state index < -0.39 is 0 Å². The normalized spacial score (nSPS) is 10.4. The number of halogens is 1. The van der Waals surface area contributed by atoms with E-state index in [2.05, 4.69) is 21.2 Å². The van der Waals surface area contributed by atoms with Crippen LogP contribution in [0.1, 0.15) is 15.2 Å². The zero-order valence-corrected chi connectivity index (χ0v) is 11.4. The first-order chi connectivity index (χ1) is 7.65. The van der Waals surface area contributed by atoms with E-state index in [0.29, 0.717) is 24.6 Å². The molecule has 0 saturated heterocycles. The van der Waals surface area contributed by atoms with Crippen molar-refractivity contribution in [2.24, 2.45) is 0 Å². The van der Waals surface area contributed by atoms with Crippen LogP contribution in [0, 0.1) is 6.92 Å². The summed E-state index contributed by atoms with van der Waals surface area (Å²) in [5.74, 6) is -0.0913. The molecule has 1 heterocycles. The molecule has 4 nitrogen and oxygen atoms in total. The zero-order valence-electron chi connectivity index (χ0n) is 8.96. The lowest BCUT2D eigenvalue weighted by Crippen LogP contribution is -2.26. The fourth-order valence-electron chi connectivity index (χ4n) is 1.06. The third-order valence-electron chi connectivity index (χ3n) is 1.85. The Balaban J connectivity index is 2.30. The van der Waals surface area contributed by atoms with Gasteiger partial charge in [0.15, 0.2) is 0 Å². The molecule has 90 valence electrons. The molecule has 1 amide bonds. The van der Waals surface area contributed by atoms with Gasteiger partial charge in [0.1, 0.15) is 0 Å². The van der Waals surface area contributed by atoms with Gasteiger partial charge < -0.3 is 15.2 Å². The topological polar surface area (TPSA) is 58.6 Å². The maximum atomic E-state index is 11.6. The molecule has 0 saturated carbocycles. The largest absolute Gasteiger partial charge is 0.394 e. The summed E-state index contributed by atoms with van der Waals surface area (Å²) in [4.78, 5) is 12.3. The molecule has 1 rings (SSSR count). The molecule has 0 radical (unpaired) electrons. The Bertz CT molecular complexity index is 334. The highest BCUT2D eigenvalue weighted by molar-refractivity contribution is 9.11. The molecule has 1 aromatic rings. The number of aryl methyl sites for hydroxylation is 1. The van der Waals surface area contributed by atoms with Gasteiger partial charge in [-0.15, -0.1) is 11.3 Å². The number of aliphatic hydroxyl groups excluding tert-OH is 1. The van der Waals surface area contributed by atoms with Gasteiger partial charge in [0.2, 0.25) is 0 Å². The number of hydrogen-bond acceptors (Lipinski definition) is 4. The highest BCUT2D eigenvalue weighted by Gasteiger charge is 2.10. The molecule has 0 bridgehead atoms. The molecule has 0 aliphatic heterocycles. The number of carbonyl (C=O) groups excluding carboxylic acids is 1. The van der Waals surface area contributed by atoms with Gasteiger partial charge in [0.05, 0.1) is 28.5 Å². The number of rotatable bonds is 6. The smallest absolute Gasteiger partial charge is 0.261 e. The lowest BCUT2D eigenvalue weighted by Gasteiger charge is -2.03. The first-order valence-corrected chi connectivity index (χ1v) is 6.49. The van der Waals surface area contributed by atoms with Crippen LogP contribution in [0.4, 0.5) is 0 Å². The number of aliphatic hydroxyl groups is 1. The summed E-state index contributed by atoms with van der Waals surface area (Å²) in [5, 5.41) is 11.2. The summed E-state index contributed by atoms with van der Waals surface area (Å²) in [6, 6.07) is 1.85. The van der Waals surface area contributed by atoms with Crippen molar-refractivity contribution in [3.8, 4) is 0 Å². The lowest BCUT2D eigenvalue weighted by molar-refractivity contribution is 0.0840. The van der Waals surface area contributed by atoms with E-state index in [0.717, 1.165) is 9.35 Å². The Morgan fingerprint density at radius 2 is 2.38 bits per heavy atom. The lowest BCUT2D eigenvalue weighted by atomic mass is 10.3. The van der Waals surface area contributed by atoms with Crippen LogP contribution < -0.4 is 5.32 Å². The Labute approximate surface area is 107 Å². The molecule has 6 heteroatoms. The van der Waals surface area contributed by atoms with E-state index in [1.165, 1.54) is 11.3 Å². The van der Waals surface area contributed by atoms with Crippen molar-refractivity contribution in [3.63, 3.8) is 0 Å². The number of thiophene rings is 1. The first kappa shape index (κ1) is 13.6.